The fourth-order valence-corrected chi connectivity index (χ4v) is 3.06. The maximum Gasteiger partial charge on any atom is 0.220 e. The number of halogens is 2. The average Bonchev–Trinajstić information content (AvgIpc) is 2.97. The molecule has 1 heterocycles. The molecule has 2 aromatic carbocycles. The number of H-pyrrole nitrogens is 1. The summed E-state index contributed by atoms with van der Waals surface area (Å²) in [6, 6.07) is 12.9. The molecule has 0 saturated heterocycles. The molecule has 0 aliphatic rings. The van der Waals surface area contributed by atoms with E-state index >= 15 is 0 Å². The summed E-state index contributed by atoms with van der Waals surface area (Å²) in [4.78, 5) is 27.7. The van der Waals surface area contributed by atoms with E-state index in [1.807, 2.05) is 36.4 Å². The van der Waals surface area contributed by atoms with Gasteiger partial charge in [0, 0.05) is 20.4 Å². The van der Waals surface area contributed by atoms with Gasteiger partial charge in [0.2, 0.25) is 13.1 Å². The van der Waals surface area contributed by atoms with Gasteiger partial charge in [0.1, 0.15) is 0 Å². The van der Waals surface area contributed by atoms with Crippen molar-refractivity contribution in [3.05, 3.63) is 68.8 Å². The van der Waals surface area contributed by atoms with Crippen molar-refractivity contribution in [2.75, 3.05) is 0 Å². The van der Waals surface area contributed by atoms with Gasteiger partial charge in [-0.1, -0.05) is 58.6 Å². The lowest BCUT2D eigenvalue weighted by Crippen LogP contribution is -2.19. The molecule has 0 bridgehead atoms. The van der Waals surface area contributed by atoms with Crippen LogP contribution < -0.4 is 0 Å². The van der Waals surface area contributed by atoms with Gasteiger partial charge in [-0.15, -0.1) is 0 Å². The van der Waals surface area contributed by atoms with Gasteiger partial charge in [-0.2, -0.15) is 0 Å². The molecule has 0 fully saturated rings. The highest BCUT2D eigenvalue weighted by atomic mass is 79.9. The van der Waals surface area contributed by atoms with Gasteiger partial charge in [-0.05, 0) is 35.9 Å². The van der Waals surface area contributed by atoms with Gasteiger partial charge in [0.15, 0.2) is 5.68 Å². The summed E-state index contributed by atoms with van der Waals surface area (Å²) in [6.45, 7) is 1.56. The number of carbonyl (C=O) groups is 2. The molecule has 25 heavy (non-hydrogen) atoms. The predicted octanol–water partition coefficient (Wildman–Crippen LogP) is 5.22. The van der Waals surface area contributed by atoms with E-state index in [0.29, 0.717) is 16.3 Å². The Hall–Kier alpha value is -2.11. The first kappa shape index (κ1) is 17.7. The summed E-state index contributed by atoms with van der Waals surface area (Å²) in [6.07, 6.45) is 3.67. The normalized spacial score (nSPS) is 11.2. The summed E-state index contributed by atoms with van der Waals surface area (Å²) in [7, 11) is 1.28. The van der Waals surface area contributed by atoms with Crippen molar-refractivity contribution in [2.24, 2.45) is 0 Å². The van der Waals surface area contributed by atoms with Crippen molar-refractivity contribution in [3.8, 4) is 0 Å². The Kier molecular flexibility index (Phi) is 5.26. The van der Waals surface area contributed by atoms with Gasteiger partial charge < -0.3 is 9.78 Å². The fourth-order valence-electron chi connectivity index (χ4n) is 2.57. The number of Topliss-reactive ketones (excluding diaryl/α,β-unsaturated/α-hetero) is 1. The van der Waals surface area contributed by atoms with E-state index in [9.17, 15) is 9.59 Å². The van der Waals surface area contributed by atoms with Gasteiger partial charge in [0.05, 0.1) is 11.3 Å². The smallest absolute Gasteiger partial charge is 0.220 e. The number of hydrogen-bond donors (Lipinski definition) is 1. The molecule has 1 aromatic heterocycles. The molecule has 0 saturated carbocycles. The van der Waals surface area contributed by atoms with E-state index in [0.717, 1.165) is 20.9 Å². The fraction of sp³-hybridized carbons (Fsp3) is 0.0526. The molecule has 0 spiro atoms. The molecule has 0 aliphatic carbocycles. The van der Waals surface area contributed by atoms with E-state index in [-0.39, 0.29) is 0 Å². The van der Waals surface area contributed by atoms with Crippen molar-refractivity contribution in [1.82, 2.24) is 4.98 Å². The number of carbonyl (C=O) groups excluding carboxylic acids is 2. The Morgan fingerprint density at radius 3 is 2.52 bits per heavy atom. The Balaban J connectivity index is 2.11. The zero-order chi connectivity index (χ0) is 18.0. The second-order valence-electron chi connectivity index (χ2n) is 5.47. The van der Waals surface area contributed by atoms with Crippen molar-refractivity contribution in [1.29, 1.82) is 0 Å². The van der Waals surface area contributed by atoms with Crippen molar-refractivity contribution >= 4 is 69.3 Å². The van der Waals surface area contributed by atoms with Gasteiger partial charge in [0.25, 0.3) is 0 Å². The molecule has 0 amide bonds. The molecule has 0 unspecified atom stereocenters. The van der Waals surface area contributed by atoms with Crippen LogP contribution in [0.1, 0.15) is 21.6 Å². The number of fused-ring (bicyclic) bond motifs is 1. The number of benzene rings is 2. The van der Waals surface area contributed by atoms with E-state index in [2.05, 4.69) is 20.9 Å². The first-order valence-corrected chi connectivity index (χ1v) is 8.79. The van der Waals surface area contributed by atoms with E-state index in [4.69, 9.17) is 11.6 Å². The SMILES string of the molecule is C[B]C(=O)C(=O)c1c(/C=C/c2ccc(Cl)cc2)[nH]c2cc(Br)ccc12. The number of rotatable bonds is 5. The maximum absolute atomic E-state index is 12.5. The average molecular weight is 413 g/mol. The zero-order valence-electron chi connectivity index (χ0n) is 13.3. The highest BCUT2D eigenvalue weighted by Gasteiger charge is 2.22. The Morgan fingerprint density at radius 1 is 1.12 bits per heavy atom. The van der Waals surface area contributed by atoms with Crippen LogP contribution in [0.2, 0.25) is 11.8 Å². The van der Waals surface area contributed by atoms with Gasteiger partial charge >= 0.3 is 0 Å². The molecule has 1 N–H and O–H groups in total. The van der Waals surface area contributed by atoms with Crippen LogP contribution in [0.3, 0.4) is 0 Å². The van der Waals surface area contributed by atoms with Crippen LogP contribution >= 0.6 is 27.5 Å². The molecule has 0 aliphatic heterocycles. The lowest BCUT2D eigenvalue weighted by atomic mass is 9.73. The largest absolute Gasteiger partial charge is 0.354 e. The third kappa shape index (κ3) is 3.78. The third-order valence-corrected chi connectivity index (χ3v) is 4.56. The van der Waals surface area contributed by atoms with Crippen molar-refractivity contribution in [2.45, 2.75) is 6.82 Å². The van der Waals surface area contributed by atoms with Crippen LogP contribution in [-0.4, -0.2) is 23.7 Å². The summed E-state index contributed by atoms with van der Waals surface area (Å²) >= 11 is 9.31. The second kappa shape index (κ2) is 7.42. The Bertz CT molecular complexity index is 993. The van der Waals surface area contributed by atoms with E-state index < -0.39 is 11.5 Å². The molecule has 123 valence electrons. The molecule has 0 atom stereocenters. The summed E-state index contributed by atoms with van der Waals surface area (Å²) < 4.78 is 0.891. The molecule has 1 radical (unpaired) electrons. The minimum absolute atomic E-state index is 0.385. The highest BCUT2D eigenvalue weighted by Crippen LogP contribution is 2.27. The monoisotopic (exact) mass is 412 g/mol. The molecular formula is C19H13BBrClNO2. The molecule has 3 rings (SSSR count). The van der Waals surface area contributed by atoms with Crippen molar-refractivity contribution in [3.63, 3.8) is 0 Å². The number of nitrogens with one attached hydrogen (secondary N) is 1. The van der Waals surface area contributed by atoms with E-state index in [1.54, 1.807) is 25.0 Å². The summed E-state index contributed by atoms with van der Waals surface area (Å²) in [5.41, 5.74) is 2.19. The summed E-state index contributed by atoms with van der Waals surface area (Å²) in [5.74, 6) is -0.521. The number of hydrogen-bond acceptors (Lipinski definition) is 2. The topological polar surface area (TPSA) is 49.9 Å². The van der Waals surface area contributed by atoms with Crippen LogP contribution in [0.15, 0.2) is 46.9 Å². The first-order valence-electron chi connectivity index (χ1n) is 7.62. The predicted molar refractivity (Wildman–Crippen MR) is 107 cm³/mol. The van der Waals surface area contributed by atoms with Gasteiger partial charge in [-0.3, -0.25) is 4.79 Å². The van der Waals surface area contributed by atoms with Crippen LogP contribution in [-0.2, 0) is 4.79 Å². The number of aromatic nitrogens is 1. The summed E-state index contributed by atoms with van der Waals surface area (Å²) in [5, 5.41) is 1.38. The Labute approximate surface area is 159 Å². The van der Waals surface area contributed by atoms with Gasteiger partial charge in [-0.25, -0.2) is 0 Å². The minimum atomic E-state index is -0.523. The van der Waals surface area contributed by atoms with Crippen LogP contribution in [0.25, 0.3) is 23.1 Å². The standard InChI is InChI=1S/C19H13BBrClNO2/c1-20-19(25)18(24)17-14-8-5-12(21)10-16(14)23-15(17)9-4-11-2-6-13(22)7-3-11/h2-10,23H,1H3/b9-4+. The lowest BCUT2D eigenvalue weighted by molar-refractivity contribution is -0.108. The molecule has 3 aromatic rings. The Morgan fingerprint density at radius 2 is 1.84 bits per heavy atom. The minimum Gasteiger partial charge on any atom is -0.354 e. The van der Waals surface area contributed by atoms with Crippen molar-refractivity contribution < 1.29 is 9.59 Å². The molecular weight excluding hydrogens is 400 g/mol. The van der Waals surface area contributed by atoms with Crippen LogP contribution in [0, 0.1) is 0 Å². The van der Waals surface area contributed by atoms with Crippen LogP contribution in [0.4, 0.5) is 0 Å². The number of aromatic amines is 1. The number of ketones is 1. The molecule has 6 heteroatoms. The second-order valence-corrected chi connectivity index (χ2v) is 6.82. The molecule has 3 nitrogen and oxygen atoms in total. The zero-order valence-corrected chi connectivity index (χ0v) is 15.7. The quantitative estimate of drug-likeness (QED) is 0.354. The third-order valence-electron chi connectivity index (χ3n) is 3.82. The highest BCUT2D eigenvalue weighted by molar-refractivity contribution is 9.10. The lowest BCUT2D eigenvalue weighted by Gasteiger charge is -2.00. The first-order chi connectivity index (χ1) is 12.0. The maximum atomic E-state index is 12.5. The van der Waals surface area contributed by atoms with Crippen LogP contribution in [0.5, 0.6) is 0 Å². The van der Waals surface area contributed by atoms with E-state index in [1.165, 1.54) is 7.28 Å².